The molecule has 0 heterocycles. The van der Waals surface area contributed by atoms with Crippen molar-refractivity contribution in [2.75, 3.05) is 7.11 Å². The molecule has 0 N–H and O–H groups in total. The maximum atomic E-state index is 11.0. The van der Waals surface area contributed by atoms with Gasteiger partial charge in [-0.3, -0.25) is 0 Å². The lowest BCUT2D eigenvalue weighted by molar-refractivity contribution is -0.308. The van der Waals surface area contributed by atoms with E-state index in [0.717, 1.165) is 24.2 Å². The van der Waals surface area contributed by atoms with Crippen LogP contribution in [-0.4, -0.2) is 13.1 Å². The van der Waals surface area contributed by atoms with Crippen LogP contribution >= 0.6 is 0 Å². The molecule has 3 heteroatoms. The van der Waals surface area contributed by atoms with Gasteiger partial charge in [0, 0.05) is 11.9 Å². The summed E-state index contributed by atoms with van der Waals surface area (Å²) in [6.45, 7) is 2.04. The van der Waals surface area contributed by atoms with Crippen LogP contribution in [0.1, 0.15) is 37.7 Å². The first-order chi connectivity index (χ1) is 7.69. The van der Waals surface area contributed by atoms with Crippen molar-refractivity contribution in [1.82, 2.24) is 0 Å². The van der Waals surface area contributed by atoms with Gasteiger partial charge in [-0.1, -0.05) is 31.9 Å². The summed E-state index contributed by atoms with van der Waals surface area (Å²) in [6, 6.07) is 7.12. The monoisotopic (exact) mass is 221 g/mol. The third-order valence-corrected chi connectivity index (χ3v) is 2.65. The molecule has 1 unspecified atom stereocenters. The molecule has 0 saturated heterocycles. The molecule has 1 rings (SSSR count). The average Bonchev–Trinajstić information content (AvgIpc) is 2.30. The molecule has 1 atom stereocenters. The molecule has 1 aromatic carbocycles. The van der Waals surface area contributed by atoms with Gasteiger partial charge in [0.2, 0.25) is 0 Å². The predicted octanol–water partition coefficient (Wildman–Crippen LogP) is 1.72. The van der Waals surface area contributed by atoms with Crippen LogP contribution in [0.4, 0.5) is 0 Å². The summed E-state index contributed by atoms with van der Waals surface area (Å²) in [5.74, 6) is -0.777. The van der Waals surface area contributed by atoms with Gasteiger partial charge in [0.1, 0.15) is 5.75 Å². The van der Waals surface area contributed by atoms with Gasteiger partial charge < -0.3 is 14.6 Å². The molecule has 0 bridgehead atoms. The number of benzene rings is 1. The number of rotatable bonds is 6. The highest BCUT2D eigenvalue weighted by molar-refractivity contribution is 5.74. The van der Waals surface area contributed by atoms with Crippen molar-refractivity contribution in [3.63, 3.8) is 0 Å². The molecule has 0 fully saturated rings. The quantitative estimate of drug-likeness (QED) is 0.735. The molecular weight excluding hydrogens is 204 g/mol. The lowest BCUT2D eigenvalue weighted by Gasteiger charge is -2.18. The van der Waals surface area contributed by atoms with E-state index in [1.807, 2.05) is 6.92 Å². The molecule has 0 spiro atoms. The Morgan fingerprint density at radius 2 is 2.00 bits per heavy atom. The molecule has 16 heavy (non-hydrogen) atoms. The number of methoxy groups -OCH3 is 1. The van der Waals surface area contributed by atoms with Gasteiger partial charge in [-0.2, -0.15) is 0 Å². The smallest absolute Gasteiger partial charge is 0.118 e. The Bertz CT molecular complexity index is 330. The van der Waals surface area contributed by atoms with Crippen LogP contribution in [0.5, 0.6) is 5.75 Å². The van der Waals surface area contributed by atoms with Gasteiger partial charge in [-0.25, -0.2) is 0 Å². The van der Waals surface area contributed by atoms with Gasteiger partial charge in [-0.15, -0.1) is 0 Å². The number of carbonyl (C=O) groups excluding carboxylic acids is 1. The van der Waals surface area contributed by atoms with Crippen molar-refractivity contribution < 1.29 is 14.6 Å². The minimum atomic E-state index is -1.00. The zero-order valence-corrected chi connectivity index (χ0v) is 9.73. The number of hydrogen-bond donors (Lipinski definition) is 0. The van der Waals surface area contributed by atoms with Gasteiger partial charge in [-0.05, 0) is 24.1 Å². The lowest BCUT2D eigenvalue weighted by Crippen LogP contribution is -2.29. The Balaban J connectivity index is 2.79. The van der Waals surface area contributed by atoms with E-state index in [1.54, 1.807) is 31.4 Å². The first-order valence-corrected chi connectivity index (χ1v) is 5.53. The van der Waals surface area contributed by atoms with Crippen molar-refractivity contribution in [3.05, 3.63) is 29.8 Å². The zero-order valence-electron chi connectivity index (χ0n) is 9.73. The predicted molar refractivity (Wildman–Crippen MR) is 60.3 cm³/mol. The van der Waals surface area contributed by atoms with E-state index in [2.05, 4.69) is 0 Å². The van der Waals surface area contributed by atoms with Crippen molar-refractivity contribution in [3.8, 4) is 5.75 Å². The van der Waals surface area contributed by atoms with Crippen LogP contribution in [0.2, 0.25) is 0 Å². The van der Waals surface area contributed by atoms with Crippen LogP contribution < -0.4 is 9.84 Å². The van der Waals surface area contributed by atoms with Crippen LogP contribution in [0.15, 0.2) is 24.3 Å². The number of ether oxygens (including phenoxy) is 1. The van der Waals surface area contributed by atoms with Gasteiger partial charge in [0.05, 0.1) is 7.11 Å². The number of carboxylic acids is 1. The number of aliphatic carboxylic acids is 1. The minimum absolute atomic E-state index is 0.508. The fourth-order valence-corrected chi connectivity index (χ4v) is 1.67. The first kappa shape index (κ1) is 12.6. The molecule has 1 aromatic rings. The highest BCUT2D eigenvalue weighted by Crippen LogP contribution is 2.23. The number of carboxylic acid groups (broad SMARTS) is 1. The maximum Gasteiger partial charge on any atom is 0.118 e. The Kier molecular flexibility index (Phi) is 4.83. The standard InChI is InChI=1S/C13H18O3/c1-3-4-5-12(13(14)15)10-6-8-11(16-2)9-7-10/h6-9,12H,3-5H2,1-2H3,(H,14,15)/p-1. The second-order valence-corrected chi connectivity index (χ2v) is 3.79. The van der Waals surface area contributed by atoms with Gasteiger partial charge in [0.25, 0.3) is 0 Å². The third kappa shape index (κ3) is 3.26. The van der Waals surface area contributed by atoms with Crippen molar-refractivity contribution in [1.29, 1.82) is 0 Å². The zero-order chi connectivity index (χ0) is 12.0. The molecule has 88 valence electrons. The Hall–Kier alpha value is -1.51. The summed E-state index contributed by atoms with van der Waals surface area (Å²) in [7, 11) is 1.59. The summed E-state index contributed by atoms with van der Waals surface area (Å²) in [5.41, 5.74) is 0.786. The molecule has 3 nitrogen and oxygen atoms in total. The first-order valence-electron chi connectivity index (χ1n) is 5.53. The van der Waals surface area contributed by atoms with E-state index in [9.17, 15) is 9.90 Å². The van der Waals surface area contributed by atoms with Crippen molar-refractivity contribution in [2.24, 2.45) is 0 Å². The average molecular weight is 221 g/mol. The van der Waals surface area contributed by atoms with E-state index in [-0.39, 0.29) is 0 Å². The van der Waals surface area contributed by atoms with Gasteiger partial charge >= 0.3 is 0 Å². The SMILES string of the molecule is CCCCC(C(=O)[O-])c1ccc(OC)cc1. The second kappa shape index (κ2) is 6.16. The lowest BCUT2D eigenvalue weighted by atomic mass is 9.94. The number of hydrogen-bond acceptors (Lipinski definition) is 3. The summed E-state index contributed by atoms with van der Waals surface area (Å²) >= 11 is 0. The fraction of sp³-hybridized carbons (Fsp3) is 0.462. The molecule has 0 aliphatic rings. The van der Waals surface area contributed by atoms with E-state index in [1.165, 1.54) is 0 Å². The number of carbonyl (C=O) groups is 1. The Morgan fingerprint density at radius 1 is 1.38 bits per heavy atom. The largest absolute Gasteiger partial charge is 0.549 e. The van der Waals surface area contributed by atoms with Crippen LogP contribution in [0.3, 0.4) is 0 Å². The van der Waals surface area contributed by atoms with Crippen molar-refractivity contribution in [2.45, 2.75) is 32.1 Å². The number of unbranched alkanes of at least 4 members (excludes halogenated alkanes) is 1. The van der Waals surface area contributed by atoms with Crippen LogP contribution in [0, 0.1) is 0 Å². The molecule has 0 aromatic heterocycles. The molecule has 0 radical (unpaired) electrons. The molecular formula is C13H17O3-. The topological polar surface area (TPSA) is 49.4 Å². The maximum absolute atomic E-state index is 11.0. The van der Waals surface area contributed by atoms with E-state index in [0.29, 0.717) is 6.42 Å². The highest BCUT2D eigenvalue weighted by atomic mass is 16.5. The Morgan fingerprint density at radius 3 is 2.44 bits per heavy atom. The molecule has 0 aliphatic carbocycles. The summed E-state index contributed by atoms with van der Waals surface area (Å²) in [6.07, 6.45) is 2.51. The highest BCUT2D eigenvalue weighted by Gasteiger charge is 2.12. The Labute approximate surface area is 96.1 Å². The van der Waals surface area contributed by atoms with E-state index < -0.39 is 11.9 Å². The summed E-state index contributed by atoms with van der Waals surface area (Å²) < 4.78 is 5.03. The molecule has 0 aliphatic heterocycles. The normalized spacial score (nSPS) is 12.1. The summed E-state index contributed by atoms with van der Waals surface area (Å²) in [4.78, 5) is 11.0. The molecule has 0 amide bonds. The third-order valence-electron chi connectivity index (χ3n) is 2.65. The van der Waals surface area contributed by atoms with Crippen molar-refractivity contribution >= 4 is 5.97 Å². The van der Waals surface area contributed by atoms with E-state index >= 15 is 0 Å². The minimum Gasteiger partial charge on any atom is -0.549 e. The second-order valence-electron chi connectivity index (χ2n) is 3.79. The molecule has 0 saturated carbocycles. The summed E-state index contributed by atoms with van der Waals surface area (Å²) in [5, 5.41) is 11.0. The van der Waals surface area contributed by atoms with E-state index in [4.69, 9.17) is 4.74 Å². The van der Waals surface area contributed by atoms with Gasteiger partial charge in [0.15, 0.2) is 0 Å². The van der Waals surface area contributed by atoms with Crippen LogP contribution in [0.25, 0.3) is 0 Å². The van der Waals surface area contributed by atoms with Crippen LogP contribution in [-0.2, 0) is 4.79 Å². The fourth-order valence-electron chi connectivity index (χ4n) is 1.67.